The van der Waals surface area contributed by atoms with Gasteiger partial charge in [0, 0.05) is 17.7 Å². The average molecular weight is 304 g/mol. The first-order valence-electron chi connectivity index (χ1n) is 6.53. The Morgan fingerprint density at radius 3 is 2.74 bits per heavy atom. The summed E-state index contributed by atoms with van der Waals surface area (Å²) in [5.41, 5.74) is 7.09. The van der Waals surface area contributed by atoms with Crippen LogP contribution in [0.3, 0.4) is 0 Å². The van der Waals surface area contributed by atoms with E-state index in [1.165, 1.54) is 0 Å². The van der Waals surface area contributed by atoms with Gasteiger partial charge in [-0.05, 0) is 30.9 Å². The highest BCUT2D eigenvalue weighted by molar-refractivity contribution is 6.34. The second-order valence-electron chi connectivity index (χ2n) is 4.86. The minimum atomic E-state index is -0.266. The van der Waals surface area contributed by atoms with Gasteiger partial charge in [-0.1, -0.05) is 30.1 Å². The van der Waals surface area contributed by atoms with Crippen molar-refractivity contribution in [3.8, 4) is 5.75 Å². The molecule has 0 spiro atoms. The third kappa shape index (κ3) is 3.16. The van der Waals surface area contributed by atoms with Crippen molar-refractivity contribution >= 4 is 23.2 Å². The number of rotatable bonds is 4. The molecule has 1 aromatic rings. The van der Waals surface area contributed by atoms with Crippen LogP contribution >= 0.6 is 23.2 Å². The predicted octanol–water partition coefficient (Wildman–Crippen LogP) is 3.82. The zero-order valence-electron chi connectivity index (χ0n) is 11.2. The van der Waals surface area contributed by atoms with E-state index in [2.05, 4.69) is 6.92 Å². The van der Waals surface area contributed by atoms with E-state index < -0.39 is 0 Å². The first-order chi connectivity index (χ1) is 9.04. The molecule has 3 atom stereocenters. The van der Waals surface area contributed by atoms with Crippen molar-refractivity contribution in [1.82, 2.24) is 0 Å². The first-order valence-corrected chi connectivity index (χ1v) is 7.29. The number of ether oxygens (including phenoxy) is 2. The molecule has 106 valence electrons. The number of hydrogen-bond acceptors (Lipinski definition) is 3. The predicted molar refractivity (Wildman–Crippen MR) is 78.1 cm³/mol. The summed E-state index contributed by atoms with van der Waals surface area (Å²) >= 11 is 12.5. The molecule has 5 heteroatoms. The molecule has 3 unspecified atom stereocenters. The van der Waals surface area contributed by atoms with Gasteiger partial charge in [0.15, 0.2) is 0 Å². The molecule has 1 aliphatic heterocycles. The molecule has 0 bridgehead atoms. The van der Waals surface area contributed by atoms with Crippen LogP contribution in [0.5, 0.6) is 5.75 Å². The van der Waals surface area contributed by atoms with Crippen LogP contribution in [-0.4, -0.2) is 19.3 Å². The summed E-state index contributed by atoms with van der Waals surface area (Å²) in [7, 11) is 0. The Balaban J connectivity index is 2.26. The lowest BCUT2D eigenvalue weighted by Gasteiger charge is -2.24. The maximum Gasteiger partial charge on any atom is 0.139 e. The molecule has 1 aliphatic rings. The van der Waals surface area contributed by atoms with Crippen molar-refractivity contribution in [3.63, 3.8) is 0 Å². The Hall–Kier alpha value is -0.480. The Morgan fingerprint density at radius 2 is 2.16 bits per heavy atom. The second kappa shape index (κ2) is 6.31. The summed E-state index contributed by atoms with van der Waals surface area (Å²) in [5, 5.41) is 1.10. The van der Waals surface area contributed by atoms with E-state index >= 15 is 0 Å². The Kier molecular flexibility index (Phi) is 4.96. The number of halogens is 2. The van der Waals surface area contributed by atoms with E-state index in [1.807, 2.05) is 6.92 Å². The van der Waals surface area contributed by atoms with Crippen LogP contribution in [0.1, 0.15) is 31.9 Å². The number of benzene rings is 1. The lowest BCUT2D eigenvalue weighted by molar-refractivity contribution is 0.0725. The Morgan fingerprint density at radius 1 is 1.42 bits per heavy atom. The molecule has 1 fully saturated rings. The fourth-order valence-corrected chi connectivity index (χ4v) is 2.92. The van der Waals surface area contributed by atoms with E-state index in [-0.39, 0.29) is 12.1 Å². The lowest BCUT2D eigenvalue weighted by Crippen LogP contribution is -2.30. The molecule has 1 aromatic carbocycles. The monoisotopic (exact) mass is 303 g/mol. The summed E-state index contributed by atoms with van der Waals surface area (Å²) in [6, 6.07) is 3.24. The third-order valence-corrected chi connectivity index (χ3v) is 4.13. The SMILES string of the molecule is CCOc1cc(Cl)c(C(N)C2OCCC2C)cc1Cl. The van der Waals surface area contributed by atoms with Crippen molar-refractivity contribution in [1.29, 1.82) is 0 Å². The van der Waals surface area contributed by atoms with Crippen LogP contribution in [0.15, 0.2) is 12.1 Å². The van der Waals surface area contributed by atoms with Crippen LogP contribution in [0.25, 0.3) is 0 Å². The molecule has 3 nitrogen and oxygen atoms in total. The van der Waals surface area contributed by atoms with Crippen molar-refractivity contribution < 1.29 is 9.47 Å². The van der Waals surface area contributed by atoms with Gasteiger partial charge >= 0.3 is 0 Å². The van der Waals surface area contributed by atoms with Gasteiger partial charge in [0.25, 0.3) is 0 Å². The largest absolute Gasteiger partial charge is 0.492 e. The fraction of sp³-hybridized carbons (Fsp3) is 0.571. The van der Waals surface area contributed by atoms with E-state index in [1.54, 1.807) is 12.1 Å². The molecule has 0 radical (unpaired) electrons. The van der Waals surface area contributed by atoms with Crippen LogP contribution in [0.2, 0.25) is 10.0 Å². The summed E-state index contributed by atoms with van der Waals surface area (Å²) in [6.07, 6.45) is 1.02. The van der Waals surface area contributed by atoms with E-state index in [0.29, 0.717) is 28.3 Å². The molecular formula is C14H19Cl2NO2. The Labute approximate surface area is 124 Å². The summed E-state index contributed by atoms with van der Waals surface area (Å²) in [5.74, 6) is 1.02. The van der Waals surface area contributed by atoms with E-state index in [0.717, 1.165) is 18.6 Å². The highest BCUT2D eigenvalue weighted by atomic mass is 35.5. The standard InChI is InChI=1S/C14H19Cl2NO2/c1-3-18-12-7-10(15)9(6-11(12)16)13(17)14-8(2)4-5-19-14/h6-8,13-14H,3-5,17H2,1-2H3. The Bertz CT molecular complexity index is 453. The average Bonchev–Trinajstić information content (AvgIpc) is 2.79. The van der Waals surface area contributed by atoms with Gasteiger partial charge in [0.1, 0.15) is 5.75 Å². The van der Waals surface area contributed by atoms with Crippen molar-refractivity contribution in [2.75, 3.05) is 13.2 Å². The zero-order chi connectivity index (χ0) is 14.0. The second-order valence-corrected chi connectivity index (χ2v) is 5.68. The quantitative estimate of drug-likeness (QED) is 0.919. The molecule has 0 aromatic heterocycles. The van der Waals surface area contributed by atoms with Gasteiger partial charge in [-0.15, -0.1) is 0 Å². The molecule has 19 heavy (non-hydrogen) atoms. The van der Waals surface area contributed by atoms with Crippen molar-refractivity contribution in [2.24, 2.45) is 11.7 Å². The van der Waals surface area contributed by atoms with Gasteiger partial charge < -0.3 is 15.2 Å². The molecular weight excluding hydrogens is 285 g/mol. The van der Waals surface area contributed by atoms with E-state index in [4.69, 9.17) is 38.4 Å². The normalized spacial score (nSPS) is 24.5. The molecule has 1 heterocycles. The van der Waals surface area contributed by atoms with Crippen LogP contribution in [-0.2, 0) is 4.74 Å². The lowest BCUT2D eigenvalue weighted by atomic mass is 9.93. The smallest absolute Gasteiger partial charge is 0.139 e. The van der Waals surface area contributed by atoms with Crippen LogP contribution < -0.4 is 10.5 Å². The molecule has 2 N–H and O–H groups in total. The first kappa shape index (κ1) is 14.9. The topological polar surface area (TPSA) is 44.5 Å². The highest BCUT2D eigenvalue weighted by Crippen LogP contribution is 2.37. The van der Waals surface area contributed by atoms with Gasteiger partial charge in [0.2, 0.25) is 0 Å². The summed E-state index contributed by atoms with van der Waals surface area (Å²) in [6.45, 7) is 5.34. The van der Waals surface area contributed by atoms with Crippen molar-refractivity contribution in [2.45, 2.75) is 32.4 Å². The highest BCUT2D eigenvalue weighted by Gasteiger charge is 2.32. The minimum absolute atomic E-state index is 0.00786. The van der Waals surface area contributed by atoms with Gasteiger partial charge in [-0.2, -0.15) is 0 Å². The molecule has 0 amide bonds. The van der Waals surface area contributed by atoms with E-state index in [9.17, 15) is 0 Å². The van der Waals surface area contributed by atoms with Gasteiger partial charge in [0.05, 0.1) is 23.8 Å². The molecule has 0 saturated carbocycles. The maximum atomic E-state index is 6.28. The summed E-state index contributed by atoms with van der Waals surface area (Å²) in [4.78, 5) is 0. The molecule has 0 aliphatic carbocycles. The van der Waals surface area contributed by atoms with Crippen LogP contribution in [0.4, 0.5) is 0 Å². The summed E-state index contributed by atoms with van der Waals surface area (Å²) < 4.78 is 11.1. The molecule has 2 rings (SSSR count). The number of nitrogens with two attached hydrogens (primary N) is 1. The molecule has 1 saturated heterocycles. The third-order valence-electron chi connectivity index (χ3n) is 3.51. The fourth-order valence-electron chi connectivity index (χ4n) is 2.42. The van der Waals surface area contributed by atoms with Crippen LogP contribution in [0, 0.1) is 5.92 Å². The maximum absolute atomic E-state index is 6.28. The van der Waals surface area contributed by atoms with Gasteiger partial charge in [-0.3, -0.25) is 0 Å². The zero-order valence-corrected chi connectivity index (χ0v) is 12.7. The number of hydrogen-bond donors (Lipinski definition) is 1. The minimum Gasteiger partial charge on any atom is -0.492 e. The van der Waals surface area contributed by atoms with Gasteiger partial charge in [-0.25, -0.2) is 0 Å². The van der Waals surface area contributed by atoms with Crippen molar-refractivity contribution in [3.05, 3.63) is 27.7 Å².